The minimum Gasteiger partial charge on any atom is -0.482 e. The Kier molecular flexibility index (Phi) is 9.03. The molecule has 0 aromatic heterocycles. The number of nitrogens with one attached hydrogen (secondary N) is 1. The first-order valence-corrected chi connectivity index (χ1v) is 15.5. The Morgan fingerprint density at radius 1 is 1.15 bits per heavy atom. The van der Waals surface area contributed by atoms with Gasteiger partial charge in [0.15, 0.2) is 0 Å². The number of benzene rings is 1. The zero-order valence-electron chi connectivity index (χ0n) is 22.6. The van der Waals surface area contributed by atoms with Crippen LogP contribution >= 0.6 is 22.6 Å². The molecule has 0 aliphatic heterocycles. The van der Waals surface area contributed by atoms with Gasteiger partial charge in [0.25, 0.3) is 0 Å². The highest BCUT2D eigenvalue weighted by molar-refractivity contribution is 14.1. The molecule has 4 fully saturated rings. The van der Waals surface area contributed by atoms with E-state index < -0.39 is 18.2 Å². The van der Waals surface area contributed by atoms with Gasteiger partial charge in [0.05, 0.1) is 16.2 Å². The van der Waals surface area contributed by atoms with Crippen molar-refractivity contribution >= 4 is 34.4 Å². The second kappa shape index (κ2) is 12.3. The van der Waals surface area contributed by atoms with E-state index in [0.29, 0.717) is 30.7 Å². The smallest absolute Gasteiger partial charge is 0.247 e. The largest absolute Gasteiger partial charge is 0.482 e. The number of allylic oxidation sites excluding steroid dienone is 1. The van der Waals surface area contributed by atoms with Gasteiger partial charge in [-0.15, -0.1) is 6.58 Å². The summed E-state index contributed by atoms with van der Waals surface area (Å²) in [5.41, 5.74) is 0.561. The van der Waals surface area contributed by atoms with Crippen LogP contribution in [0.25, 0.3) is 0 Å². The highest BCUT2D eigenvalue weighted by Gasteiger charge is 2.53. The van der Waals surface area contributed by atoms with Crippen molar-refractivity contribution in [3.05, 3.63) is 52.1 Å². The molecule has 0 heterocycles. The van der Waals surface area contributed by atoms with E-state index in [-0.39, 0.29) is 36.8 Å². The van der Waals surface area contributed by atoms with Gasteiger partial charge in [0, 0.05) is 31.5 Å². The number of nitrogens with zero attached hydrogens (tertiary/aromatic N) is 1. The fourth-order valence-corrected chi connectivity index (χ4v) is 8.59. The van der Waals surface area contributed by atoms with Crippen molar-refractivity contribution in [3.8, 4) is 5.75 Å². The van der Waals surface area contributed by atoms with E-state index >= 15 is 0 Å². The summed E-state index contributed by atoms with van der Waals surface area (Å²) < 4.78 is 7.20. The Morgan fingerprint density at radius 3 is 2.44 bits per heavy atom. The second-order valence-corrected chi connectivity index (χ2v) is 13.4. The van der Waals surface area contributed by atoms with Gasteiger partial charge >= 0.3 is 0 Å². The van der Waals surface area contributed by atoms with Crippen molar-refractivity contribution < 1.29 is 24.5 Å². The van der Waals surface area contributed by atoms with Crippen molar-refractivity contribution in [2.24, 2.45) is 23.2 Å². The average molecular weight is 649 g/mol. The Labute approximate surface area is 245 Å². The lowest BCUT2D eigenvalue weighted by Gasteiger charge is -2.58. The molecule has 3 N–H and O–H groups in total. The van der Waals surface area contributed by atoms with Crippen LogP contribution in [0.15, 0.2) is 48.6 Å². The van der Waals surface area contributed by atoms with Gasteiger partial charge in [0.1, 0.15) is 18.0 Å². The Morgan fingerprint density at radius 2 is 1.82 bits per heavy atom. The molecule has 1 aromatic rings. The molecule has 3 atom stereocenters. The number of carbonyl (C=O) groups is 2. The van der Waals surface area contributed by atoms with Gasteiger partial charge in [-0.05, 0) is 109 Å². The van der Waals surface area contributed by atoms with E-state index in [1.54, 1.807) is 12.2 Å². The number of aliphatic hydroxyl groups is 2. The number of amides is 2. The second-order valence-electron chi connectivity index (χ2n) is 12.2. The minimum absolute atomic E-state index is 0.000228. The van der Waals surface area contributed by atoms with Crippen molar-refractivity contribution in [2.45, 2.75) is 76.0 Å². The van der Waals surface area contributed by atoms with Gasteiger partial charge in [-0.3, -0.25) is 9.59 Å². The maximum absolute atomic E-state index is 13.8. The number of halogens is 1. The van der Waals surface area contributed by atoms with Crippen LogP contribution in [0.5, 0.6) is 5.75 Å². The molecule has 0 spiro atoms. The number of rotatable bonds is 11. The highest BCUT2D eigenvalue weighted by Crippen LogP contribution is 2.60. The van der Waals surface area contributed by atoms with Crippen LogP contribution in [0, 0.1) is 26.7 Å². The fraction of sp³-hybridized carbons (Fsp3) is 0.613. The van der Waals surface area contributed by atoms with Crippen LogP contribution in [0.3, 0.4) is 0 Å². The van der Waals surface area contributed by atoms with Crippen LogP contribution in [-0.2, 0) is 9.59 Å². The lowest BCUT2D eigenvalue weighted by Crippen LogP contribution is -2.59. The molecule has 4 saturated carbocycles. The Bertz CT molecular complexity index is 1070. The molecule has 6 rings (SSSR count). The Balaban J connectivity index is 1.46. The molecule has 0 unspecified atom stereocenters. The standard InChI is InChI=1S/C31H41IN2O5/c1-2-3-8-28(36)34(19-31-16-20-11-21(17-31)13-22(12-20)18-31)25-14-23(30(38)33-9-10-35)15-27(29(25)37)39-26-7-5-4-6-24(26)32/h2,4-7,15,20-22,25,27,29,35,37H,1,3,8-14,16-19H2,(H,33,38)/t20?,21?,22?,25-,27+,29+,31?/m1/s1. The highest BCUT2D eigenvalue weighted by atomic mass is 127. The minimum atomic E-state index is -0.989. The van der Waals surface area contributed by atoms with E-state index in [1.807, 2.05) is 29.2 Å². The summed E-state index contributed by atoms with van der Waals surface area (Å²) in [7, 11) is 0. The van der Waals surface area contributed by atoms with Crippen LogP contribution < -0.4 is 10.1 Å². The van der Waals surface area contributed by atoms with Crippen LogP contribution in [0.4, 0.5) is 0 Å². The third-order valence-electron chi connectivity index (χ3n) is 9.27. The van der Waals surface area contributed by atoms with Crippen LogP contribution in [0.2, 0.25) is 0 Å². The molecule has 2 amide bonds. The zero-order valence-corrected chi connectivity index (χ0v) is 24.7. The molecule has 0 radical (unpaired) electrons. The molecule has 1 aromatic carbocycles. The number of carbonyl (C=O) groups excluding carboxylic acids is 2. The third kappa shape index (κ3) is 6.38. The van der Waals surface area contributed by atoms with E-state index in [1.165, 1.54) is 19.3 Å². The van der Waals surface area contributed by atoms with Crippen molar-refractivity contribution in [2.75, 3.05) is 19.7 Å². The number of para-hydroxylation sites is 1. The molecule has 5 aliphatic carbocycles. The van der Waals surface area contributed by atoms with Gasteiger partial charge in [-0.25, -0.2) is 0 Å². The lowest BCUT2D eigenvalue weighted by atomic mass is 9.49. The summed E-state index contributed by atoms with van der Waals surface area (Å²) >= 11 is 2.19. The topological polar surface area (TPSA) is 99.1 Å². The monoisotopic (exact) mass is 648 g/mol. The molecule has 5 aliphatic rings. The van der Waals surface area contributed by atoms with E-state index in [2.05, 4.69) is 34.5 Å². The third-order valence-corrected chi connectivity index (χ3v) is 10.2. The van der Waals surface area contributed by atoms with Crippen molar-refractivity contribution in [1.82, 2.24) is 10.2 Å². The summed E-state index contributed by atoms with van der Waals surface area (Å²) in [5, 5.41) is 23.8. The first-order chi connectivity index (χ1) is 18.8. The molecule has 7 nitrogen and oxygen atoms in total. The van der Waals surface area contributed by atoms with Gasteiger partial charge < -0.3 is 25.2 Å². The maximum Gasteiger partial charge on any atom is 0.247 e. The van der Waals surface area contributed by atoms with Gasteiger partial charge in [0.2, 0.25) is 11.8 Å². The summed E-state index contributed by atoms with van der Waals surface area (Å²) in [4.78, 5) is 28.8. The molecule has 4 bridgehead atoms. The zero-order chi connectivity index (χ0) is 27.6. The summed E-state index contributed by atoms with van der Waals surface area (Å²) in [6.07, 6.45) is 10.2. The van der Waals surface area contributed by atoms with E-state index in [4.69, 9.17) is 4.74 Å². The van der Waals surface area contributed by atoms with Crippen molar-refractivity contribution in [3.63, 3.8) is 0 Å². The number of hydrogen-bond donors (Lipinski definition) is 3. The quantitative estimate of drug-likeness (QED) is 0.247. The molecule has 0 saturated heterocycles. The first-order valence-electron chi connectivity index (χ1n) is 14.4. The molecule has 212 valence electrons. The number of aliphatic hydroxyl groups excluding tert-OH is 2. The molecular formula is C31H41IN2O5. The summed E-state index contributed by atoms with van der Waals surface area (Å²) in [6, 6.07) is 6.99. The number of ether oxygens (including phenoxy) is 1. The first kappa shape index (κ1) is 28.6. The predicted octanol–water partition coefficient (Wildman–Crippen LogP) is 4.22. The molecule has 8 heteroatoms. The Hall–Kier alpha value is -1.91. The normalized spacial score (nSPS) is 32.8. The average Bonchev–Trinajstić information content (AvgIpc) is 2.90. The van der Waals surface area contributed by atoms with Crippen molar-refractivity contribution in [1.29, 1.82) is 0 Å². The molecular weight excluding hydrogens is 607 g/mol. The lowest BCUT2D eigenvalue weighted by molar-refractivity contribution is -0.147. The van der Waals surface area contributed by atoms with Crippen LogP contribution in [-0.4, -0.2) is 64.9 Å². The van der Waals surface area contributed by atoms with Crippen LogP contribution in [0.1, 0.15) is 57.8 Å². The maximum atomic E-state index is 13.8. The van der Waals surface area contributed by atoms with E-state index in [9.17, 15) is 19.8 Å². The van der Waals surface area contributed by atoms with E-state index in [0.717, 1.165) is 40.6 Å². The molecule has 39 heavy (non-hydrogen) atoms. The van der Waals surface area contributed by atoms with Gasteiger partial charge in [-0.1, -0.05) is 18.2 Å². The van der Waals surface area contributed by atoms with Gasteiger partial charge in [-0.2, -0.15) is 0 Å². The predicted molar refractivity (Wildman–Crippen MR) is 158 cm³/mol. The fourth-order valence-electron chi connectivity index (χ4n) is 8.07. The SMILES string of the molecule is C=CCCC(=O)N(CC12CC3CC(CC(C3)C1)C2)[C@@H]1CC(C(=O)NCCO)=C[C@H](Oc2ccccc2I)[C@H]1O. The summed E-state index contributed by atoms with van der Waals surface area (Å²) in [6.45, 7) is 4.41. The number of hydrogen-bond acceptors (Lipinski definition) is 5. The summed E-state index contributed by atoms with van der Waals surface area (Å²) in [5.74, 6) is 2.56.